The van der Waals surface area contributed by atoms with Crippen LogP contribution in [0.1, 0.15) is 28.1 Å². The quantitative estimate of drug-likeness (QED) is 0.813. The van der Waals surface area contributed by atoms with Crippen LogP contribution < -0.4 is 0 Å². The van der Waals surface area contributed by atoms with Crippen LogP contribution in [0.3, 0.4) is 0 Å². The first-order valence-electron chi connectivity index (χ1n) is 5.72. The first-order valence-corrected chi connectivity index (χ1v) is 5.72. The topological polar surface area (TPSA) is 41.6 Å². The van der Waals surface area contributed by atoms with Gasteiger partial charge in [-0.15, -0.1) is 0 Å². The third-order valence-corrected chi connectivity index (χ3v) is 3.23. The molecule has 0 spiro atoms. The third-order valence-electron chi connectivity index (χ3n) is 3.23. The normalized spacial score (nSPS) is 10.4. The SMILES string of the molecule is Cc1nn(Cc2ccc(F)c(C#N)c2)c(C)c1C. The van der Waals surface area contributed by atoms with Crippen molar-refractivity contribution in [3.05, 3.63) is 52.1 Å². The van der Waals surface area contributed by atoms with Gasteiger partial charge in [0.05, 0.1) is 17.8 Å². The second kappa shape index (κ2) is 4.61. The number of benzene rings is 1. The minimum atomic E-state index is -0.481. The zero-order chi connectivity index (χ0) is 13.3. The maximum atomic E-state index is 13.2. The largest absolute Gasteiger partial charge is 0.265 e. The molecule has 0 amide bonds. The summed E-state index contributed by atoms with van der Waals surface area (Å²) < 4.78 is 15.1. The Hall–Kier alpha value is -2.15. The van der Waals surface area contributed by atoms with E-state index in [0.717, 1.165) is 22.5 Å². The van der Waals surface area contributed by atoms with Gasteiger partial charge in [-0.25, -0.2) is 4.39 Å². The van der Waals surface area contributed by atoms with E-state index in [-0.39, 0.29) is 5.56 Å². The fourth-order valence-electron chi connectivity index (χ4n) is 1.87. The van der Waals surface area contributed by atoms with Gasteiger partial charge in [-0.1, -0.05) is 6.07 Å². The molecule has 4 heteroatoms. The summed E-state index contributed by atoms with van der Waals surface area (Å²) in [5, 5.41) is 13.2. The summed E-state index contributed by atoms with van der Waals surface area (Å²) in [6.45, 7) is 6.54. The fourth-order valence-corrected chi connectivity index (χ4v) is 1.87. The maximum absolute atomic E-state index is 13.2. The average molecular weight is 243 g/mol. The summed E-state index contributed by atoms with van der Waals surface area (Å²) in [5.41, 5.74) is 4.20. The highest BCUT2D eigenvalue weighted by Crippen LogP contribution is 2.15. The number of hydrogen-bond acceptors (Lipinski definition) is 2. The molecular weight excluding hydrogens is 229 g/mol. The van der Waals surface area contributed by atoms with Crippen molar-refractivity contribution < 1.29 is 4.39 Å². The number of aryl methyl sites for hydroxylation is 1. The molecule has 1 heterocycles. The van der Waals surface area contributed by atoms with Crippen molar-refractivity contribution in [1.29, 1.82) is 5.26 Å². The van der Waals surface area contributed by atoms with Gasteiger partial charge < -0.3 is 0 Å². The Morgan fingerprint density at radius 2 is 2.06 bits per heavy atom. The van der Waals surface area contributed by atoms with E-state index < -0.39 is 5.82 Å². The third kappa shape index (κ3) is 2.12. The molecule has 0 bridgehead atoms. The number of nitrogens with zero attached hydrogens (tertiary/aromatic N) is 3. The Balaban J connectivity index is 2.35. The van der Waals surface area contributed by atoms with Crippen LogP contribution in [0.25, 0.3) is 0 Å². The minimum absolute atomic E-state index is 0.0748. The van der Waals surface area contributed by atoms with Gasteiger partial charge in [-0.05, 0) is 44.0 Å². The molecule has 0 fully saturated rings. The molecule has 1 aromatic carbocycles. The second-order valence-corrected chi connectivity index (χ2v) is 4.38. The highest BCUT2D eigenvalue weighted by Gasteiger charge is 2.09. The molecule has 2 rings (SSSR count). The summed E-state index contributed by atoms with van der Waals surface area (Å²) >= 11 is 0. The van der Waals surface area contributed by atoms with Gasteiger partial charge in [0, 0.05) is 5.69 Å². The van der Waals surface area contributed by atoms with E-state index in [2.05, 4.69) is 5.10 Å². The molecule has 0 N–H and O–H groups in total. The molecule has 0 saturated heterocycles. The summed E-state index contributed by atoms with van der Waals surface area (Å²) in [6, 6.07) is 6.43. The predicted octanol–water partition coefficient (Wildman–Crippen LogP) is 2.87. The summed E-state index contributed by atoms with van der Waals surface area (Å²) in [4.78, 5) is 0. The van der Waals surface area contributed by atoms with E-state index in [1.165, 1.54) is 6.07 Å². The molecule has 0 aliphatic rings. The Kier molecular flexibility index (Phi) is 3.15. The second-order valence-electron chi connectivity index (χ2n) is 4.38. The maximum Gasteiger partial charge on any atom is 0.140 e. The van der Waals surface area contributed by atoms with E-state index in [1.54, 1.807) is 12.1 Å². The first kappa shape index (κ1) is 12.3. The molecule has 0 aliphatic carbocycles. The lowest BCUT2D eigenvalue weighted by atomic mass is 10.1. The number of halogens is 1. The molecule has 3 nitrogen and oxygen atoms in total. The van der Waals surface area contributed by atoms with Crippen molar-refractivity contribution in [3.8, 4) is 6.07 Å². The van der Waals surface area contributed by atoms with Crippen molar-refractivity contribution in [1.82, 2.24) is 9.78 Å². The zero-order valence-corrected chi connectivity index (χ0v) is 10.7. The lowest BCUT2D eigenvalue weighted by Crippen LogP contribution is -2.04. The van der Waals surface area contributed by atoms with Crippen LogP contribution in [-0.2, 0) is 6.54 Å². The van der Waals surface area contributed by atoms with Crippen molar-refractivity contribution in [2.45, 2.75) is 27.3 Å². The van der Waals surface area contributed by atoms with E-state index in [9.17, 15) is 4.39 Å². The molecule has 0 unspecified atom stereocenters. The highest BCUT2D eigenvalue weighted by atomic mass is 19.1. The molecule has 1 aromatic heterocycles. The fraction of sp³-hybridized carbons (Fsp3) is 0.286. The molecule has 92 valence electrons. The van der Waals surface area contributed by atoms with Crippen LogP contribution in [0.2, 0.25) is 0 Å². The Morgan fingerprint density at radius 1 is 1.33 bits per heavy atom. The number of rotatable bonds is 2. The van der Waals surface area contributed by atoms with Crippen LogP contribution in [0.15, 0.2) is 18.2 Å². The minimum Gasteiger partial charge on any atom is -0.265 e. The van der Waals surface area contributed by atoms with Gasteiger partial charge >= 0.3 is 0 Å². The van der Waals surface area contributed by atoms with E-state index >= 15 is 0 Å². The van der Waals surface area contributed by atoms with Crippen LogP contribution >= 0.6 is 0 Å². The van der Waals surface area contributed by atoms with Gasteiger partial charge in [0.2, 0.25) is 0 Å². The van der Waals surface area contributed by atoms with E-state index in [4.69, 9.17) is 5.26 Å². The molecule has 0 saturated carbocycles. The Bertz CT molecular complexity index is 635. The lowest BCUT2D eigenvalue weighted by molar-refractivity contribution is 0.618. The van der Waals surface area contributed by atoms with Gasteiger partial charge in [-0.2, -0.15) is 10.4 Å². The van der Waals surface area contributed by atoms with Crippen LogP contribution in [0.4, 0.5) is 4.39 Å². The zero-order valence-electron chi connectivity index (χ0n) is 10.7. The van der Waals surface area contributed by atoms with Gasteiger partial charge in [0.25, 0.3) is 0 Å². The average Bonchev–Trinajstić information content (AvgIpc) is 2.59. The molecule has 0 radical (unpaired) electrons. The molecule has 0 aliphatic heterocycles. The van der Waals surface area contributed by atoms with Crippen molar-refractivity contribution in [2.75, 3.05) is 0 Å². The van der Waals surface area contributed by atoms with Gasteiger partial charge in [0.15, 0.2) is 0 Å². The summed E-state index contributed by atoms with van der Waals surface area (Å²) in [7, 11) is 0. The van der Waals surface area contributed by atoms with Crippen LogP contribution in [-0.4, -0.2) is 9.78 Å². The molecule has 0 atom stereocenters. The Labute approximate surface area is 105 Å². The van der Waals surface area contributed by atoms with Crippen molar-refractivity contribution in [2.24, 2.45) is 0 Å². The monoisotopic (exact) mass is 243 g/mol. The van der Waals surface area contributed by atoms with Gasteiger partial charge in [-0.3, -0.25) is 4.68 Å². The van der Waals surface area contributed by atoms with Crippen molar-refractivity contribution >= 4 is 0 Å². The smallest absolute Gasteiger partial charge is 0.140 e. The standard InChI is InChI=1S/C14H14FN3/c1-9-10(2)17-18(11(9)3)8-12-4-5-14(15)13(6-12)7-16/h4-6H,8H2,1-3H3. The lowest BCUT2D eigenvalue weighted by Gasteiger charge is -2.05. The molecule has 2 aromatic rings. The van der Waals surface area contributed by atoms with Crippen LogP contribution in [0, 0.1) is 37.9 Å². The van der Waals surface area contributed by atoms with E-state index in [0.29, 0.717) is 6.54 Å². The van der Waals surface area contributed by atoms with Crippen molar-refractivity contribution in [3.63, 3.8) is 0 Å². The highest BCUT2D eigenvalue weighted by molar-refractivity contribution is 5.35. The molecule has 18 heavy (non-hydrogen) atoms. The number of hydrogen-bond donors (Lipinski definition) is 0. The van der Waals surface area contributed by atoms with Crippen LogP contribution in [0.5, 0.6) is 0 Å². The van der Waals surface area contributed by atoms with Gasteiger partial charge in [0.1, 0.15) is 11.9 Å². The summed E-state index contributed by atoms with van der Waals surface area (Å²) in [6.07, 6.45) is 0. The number of aromatic nitrogens is 2. The predicted molar refractivity (Wildman–Crippen MR) is 66.7 cm³/mol. The number of nitriles is 1. The molecular formula is C14H14FN3. The summed E-state index contributed by atoms with van der Waals surface area (Å²) in [5.74, 6) is -0.481. The first-order chi connectivity index (χ1) is 8.52. The van der Waals surface area contributed by atoms with E-state index in [1.807, 2.05) is 31.5 Å². The Morgan fingerprint density at radius 3 is 2.61 bits per heavy atom.